The fraction of sp³-hybridized carbons (Fsp3) is 0.870. The summed E-state index contributed by atoms with van der Waals surface area (Å²) in [5, 5.41) is 27.6. The minimum atomic E-state index is -0.881. The Labute approximate surface area is 177 Å². The standard InChI is InChI=1S/C23H44O6/c1-2-3-4-11-14-21(25)15-12-9-7-5-6-8-10-13-16-23(27)29-18-17-28-20-22(26)19-24/h9,12,21-22,24-26H,2-8,10-11,13-20H2,1H3/t21-,22?/m1/s1. The Morgan fingerprint density at radius 1 is 0.897 bits per heavy atom. The maximum absolute atomic E-state index is 11.6. The van der Waals surface area contributed by atoms with Gasteiger partial charge in [-0.1, -0.05) is 64.0 Å². The van der Waals surface area contributed by atoms with Gasteiger partial charge in [0.25, 0.3) is 0 Å². The monoisotopic (exact) mass is 416 g/mol. The molecule has 0 aromatic carbocycles. The molecule has 0 heterocycles. The van der Waals surface area contributed by atoms with Gasteiger partial charge in [-0.05, 0) is 32.1 Å². The zero-order chi connectivity index (χ0) is 21.6. The second-order valence-corrected chi connectivity index (χ2v) is 7.65. The van der Waals surface area contributed by atoms with Gasteiger partial charge in [0.05, 0.1) is 25.9 Å². The number of aliphatic hydroxyl groups excluding tert-OH is 3. The first-order valence-electron chi connectivity index (χ1n) is 11.5. The molecule has 0 aromatic rings. The highest BCUT2D eigenvalue weighted by Gasteiger charge is 2.04. The first kappa shape index (κ1) is 28.1. The van der Waals surface area contributed by atoms with Crippen LogP contribution in [0.2, 0.25) is 0 Å². The molecule has 0 amide bonds. The predicted octanol–water partition coefficient (Wildman–Crippen LogP) is 3.91. The van der Waals surface area contributed by atoms with Crippen LogP contribution in [0.3, 0.4) is 0 Å². The molecular weight excluding hydrogens is 372 g/mol. The third-order valence-electron chi connectivity index (χ3n) is 4.73. The molecule has 0 saturated heterocycles. The number of allylic oxidation sites excluding steroid dienone is 1. The molecule has 172 valence electrons. The van der Waals surface area contributed by atoms with E-state index in [1.54, 1.807) is 0 Å². The molecule has 0 aliphatic carbocycles. The van der Waals surface area contributed by atoms with Crippen molar-refractivity contribution in [1.29, 1.82) is 0 Å². The number of aliphatic hydroxyl groups is 3. The molecule has 0 fully saturated rings. The number of esters is 1. The summed E-state index contributed by atoms with van der Waals surface area (Å²) in [6, 6.07) is 0. The lowest BCUT2D eigenvalue weighted by atomic mass is 10.1. The van der Waals surface area contributed by atoms with E-state index in [1.807, 2.05) is 0 Å². The summed E-state index contributed by atoms with van der Waals surface area (Å²) in [7, 11) is 0. The minimum Gasteiger partial charge on any atom is -0.463 e. The van der Waals surface area contributed by atoms with Crippen molar-refractivity contribution in [2.45, 2.75) is 103 Å². The van der Waals surface area contributed by atoms with E-state index in [0.717, 1.165) is 57.8 Å². The summed E-state index contributed by atoms with van der Waals surface area (Å²) in [6.45, 7) is 2.31. The van der Waals surface area contributed by atoms with E-state index in [9.17, 15) is 9.90 Å². The average molecular weight is 417 g/mol. The number of ether oxygens (including phenoxy) is 2. The Balaban J connectivity index is 3.34. The molecule has 1 unspecified atom stereocenters. The van der Waals surface area contributed by atoms with E-state index in [4.69, 9.17) is 19.7 Å². The molecule has 0 aromatic heterocycles. The van der Waals surface area contributed by atoms with E-state index in [1.165, 1.54) is 19.3 Å². The molecular formula is C23H44O6. The Kier molecular flexibility index (Phi) is 21.0. The maximum atomic E-state index is 11.6. The number of rotatable bonds is 21. The van der Waals surface area contributed by atoms with Gasteiger partial charge >= 0.3 is 5.97 Å². The largest absolute Gasteiger partial charge is 0.463 e. The van der Waals surface area contributed by atoms with Gasteiger partial charge in [0, 0.05) is 6.42 Å². The zero-order valence-corrected chi connectivity index (χ0v) is 18.4. The number of unbranched alkanes of at least 4 members (excludes halogenated alkanes) is 8. The number of hydrogen-bond donors (Lipinski definition) is 3. The summed E-state index contributed by atoms with van der Waals surface area (Å²) >= 11 is 0. The van der Waals surface area contributed by atoms with Crippen LogP contribution in [-0.4, -0.2) is 59.9 Å². The second kappa shape index (κ2) is 21.8. The van der Waals surface area contributed by atoms with Gasteiger partial charge in [-0.25, -0.2) is 0 Å². The molecule has 6 nitrogen and oxygen atoms in total. The first-order chi connectivity index (χ1) is 14.1. The summed E-state index contributed by atoms with van der Waals surface area (Å²) < 4.78 is 10.1. The lowest BCUT2D eigenvalue weighted by molar-refractivity contribution is -0.145. The summed E-state index contributed by atoms with van der Waals surface area (Å²) in [5.41, 5.74) is 0. The molecule has 0 saturated carbocycles. The summed E-state index contributed by atoms with van der Waals surface area (Å²) in [5.74, 6) is -0.215. The van der Waals surface area contributed by atoms with Crippen LogP contribution in [0.25, 0.3) is 0 Å². The molecule has 0 radical (unpaired) electrons. The van der Waals surface area contributed by atoms with Crippen LogP contribution in [-0.2, 0) is 14.3 Å². The van der Waals surface area contributed by atoms with E-state index in [-0.39, 0.29) is 38.5 Å². The van der Waals surface area contributed by atoms with Crippen molar-refractivity contribution in [3.05, 3.63) is 12.2 Å². The molecule has 2 atom stereocenters. The summed E-state index contributed by atoms with van der Waals surface area (Å²) in [4.78, 5) is 11.6. The van der Waals surface area contributed by atoms with E-state index < -0.39 is 6.10 Å². The average Bonchev–Trinajstić information content (AvgIpc) is 2.72. The van der Waals surface area contributed by atoms with Gasteiger partial charge in [-0.3, -0.25) is 4.79 Å². The maximum Gasteiger partial charge on any atom is 0.305 e. The molecule has 29 heavy (non-hydrogen) atoms. The van der Waals surface area contributed by atoms with Crippen LogP contribution in [0.15, 0.2) is 12.2 Å². The van der Waals surface area contributed by atoms with Crippen molar-refractivity contribution in [1.82, 2.24) is 0 Å². The Hall–Kier alpha value is -0.950. The van der Waals surface area contributed by atoms with Gasteiger partial charge in [-0.15, -0.1) is 0 Å². The van der Waals surface area contributed by atoms with Gasteiger partial charge in [0.1, 0.15) is 12.7 Å². The quantitative estimate of drug-likeness (QED) is 0.149. The lowest BCUT2D eigenvalue weighted by Crippen LogP contribution is -2.21. The van der Waals surface area contributed by atoms with Crippen LogP contribution >= 0.6 is 0 Å². The van der Waals surface area contributed by atoms with Crippen molar-refractivity contribution in [3.63, 3.8) is 0 Å². The second-order valence-electron chi connectivity index (χ2n) is 7.65. The zero-order valence-electron chi connectivity index (χ0n) is 18.4. The van der Waals surface area contributed by atoms with Crippen molar-refractivity contribution in [3.8, 4) is 0 Å². The molecule has 3 N–H and O–H groups in total. The molecule has 0 bridgehead atoms. The van der Waals surface area contributed by atoms with Gasteiger partial charge < -0.3 is 24.8 Å². The van der Waals surface area contributed by atoms with Gasteiger partial charge in [0.15, 0.2) is 0 Å². The fourth-order valence-electron chi connectivity index (χ4n) is 2.92. The Morgan fingerprint density at radius 3 is 2.38 bits per heavy atom. The Morgan fingerprint density at radius 2 is 1.62 bits per heavy atom. The number of hydrogen-bond acceptors (Lipinski definition) is 6. The molecule has 0 aliphatic heterocycles. The number of carbonyl (C=O) groups excluding carboxylic acids is 1. The smallest absolute Gasteiger partial charge is 0.305 e. The lowest BCUT2D eigenvalue weighted by Gasteiger charge is -2.08. The highest BCUT2D eigenvalue weighted by atomic mass is 16.6. The van der Waals surface area contributed by atoms with Crippen LogP contribution < -0.4 is 0 Å². The van der Waals surface area contributed by atoms with E-state index in [2.05, 4.69) is 19.1 Å². The van der Waals surface area contributed by atoms with Crippen LogP contribution in [0.5, 0.6) is 0 Å². The predicted molar refractivity (Wildman–Crippen MR) is 116 cm³/mol. The highest BCUT2D eigenvalue weighted by molar-refractivity contribution is 5.69. The van der Waals surface area contributed by atoms with Gasteiger partial charge in [0.2, 0.25) is 0 Å². The van der Waals surface area contributed by atoms with Crippen molar-refractivity contribution >= 4 is 5.97 Å². The van der Waals surface area contributed by atoms with E-state index in [0.29, 0.717) is 6.42 Å². The normalized spacial score (nSPS) is 13.7. The molecule has 0 spiro atoms. The van der Waals surface area contributed by atoms with Gasteiger partial charge in [-0.2, -0.15) is 0 Å². The Bertz CT molecular complexity index is 386. The highest BCUT2D eigenvalue weighted by Crippen LogP contribution is 2.10. The van der Waals surface area contributed by atoms with Crippen LogP contribution in [0.1, 0.15) is 90.4 Å². The number of carbonyl (C=O) groups is 1. The first-order valence-corrected chi connectivity index (χ1v) is 11.5. The fourth-order valence-corrected chi connectivity index (χ4v) is 2.92. The van der Waals surface area contributed by atoms with Crippen molar-refractivity contribution in [2.75, 3.05) is 26.4 Å². The molecule has 0 aliphatic rings. The van der Waals surface area contributed by atoms with Crippen LogP contribution in [0.4, 0.5) is 0 Å². The van der Waals surface area contributed by atoms with E-state index >= 15 is 0 Å². The molecule has 0 rings (SSSR count). The third-order valence-corrected chi connectivity index (χ3v) is 4.73. The third kappa shape index (κ3) is 21.6. The van der Waals surface area contributed by atoms with Crippen molar-refractivity contribution in [2.24, 2.45) is 0 Å². The van der Waals surface area contributed by atoms with Crippen molar-refractivity contribution < 1.29 is 29.6 Å². The molecule has 6 heteroatoms. The van der Waals surface area contributed by atoms with Crippen LogP contribution in [0, 0.1) is 0 Å². The SMILES string of the molecule is CCCCCC[C@@H](O)CC=CCCCCCCCC(=O)OCCOCC(O)CO. The summed E-state index contributed by atoms with van der Waals surface area (Å²) in [6.07, 6.45) is 16.5. The minimum absolute atomic E-state index is 0.0445. The topological polar surface area (TPSA) is 96.2 Å².